The van der Waals surface area contributed by atoms with Crippen LogP contribution in [0.15, 0.2) is 27.1 Å². The molecule has 1 fully saturated rings. The van der Waals surface area contributed by atoms with Gasteiger partial charge in [0.05, 0.1) is 11.7 Å². The lowest BCUT2D eigenvalue weighted by Crippen LogP contribution is -2.35. The summed E-state index contributed by atoms with van der Waals surface area (Å²) >= 11 is 6.84. The van der Waals surface area contributed by atoms with Crippen LogP contribution in [-0.2, 0) is 4.79 Å². The zero-order chi connectivity index (χ0) is 11.5. The second-order valence-corrected chi connectivity index (χ2v) is 5.44. The summed E-state index contributed by atoms with van der Waals surface area (Å²) in [7, 11) is 0. The molecule has 1 atom stereocenters. The minimum atomic E-state index is -0.0565. The number of hydrogen-bond donors (Lipinski definition) is 2. The van der Waals surface area contributed by atoms with Crippen LogP contribution in [-0.4, -0.2) is 18.5 Å². The molecule has 1 aliphatic rings. The van der Waals surface area contributed by atoms with Gasteiger partial charge in [-0.05, 0) is 63.4 Å². The van der Waals surface area contributed by atoms with Crippen LogP contribution < -0.4 is 10.6 Å². The van der Waals surface area contributed by atoms with Gasteiger partial charge in [-0.15, -0.1) is 0 Å². The molecule has 5 heteroatoms. The molecule has 1 saturated heterocycles. The van der Waals surface area contributed by atoms with Crippen LogP contribution in [0.3, 0.4) is 0 Å². The Morgan fingerprint density at radius 3 is 2.62 bits per heavy atom. The molecule has 2 rings (SSSR count). The predicted molar refractivity (Wildman–Crippen MR) is 71.5 cm³/mol. The number of halogens is 2. The van der Waals surface area contributed by atoms with Crippen LogP contribution in [0.5, 0.6) is 0 Å². The molecule has 0 aromatic heterocycles. The van der Waals surface area contributed by atoms with E-state index in [-0.39, 0.29) is 11.9 Å². The van der Waals surface area contributed by atoms with Gasteiger partial charge in [0.15, 0.2) is 0 Å². The van der Waals surface area contributed by atoms with E-state index < -0.39 is 0 Å². The summed E-state index contributed by atoms with van der Waals surface area (Å²) in [6.07, 6.45) is 1.98. The molecular formula is C11H12Br2N2O. The highest BCUT2D eigenvalue weighted by atomic mass is 79.9. The van der Waals surface area contributed by atoms with E-state index in [4.69, 9.17) is 0 Å². The summed E-state index contributed by atoms with van der Waals surface area (Å²) in [4.78, 5) is 11.9. The smallest absolute Gasteiger partial charge is 0.241 e. The number of hydrogen-bond acceptors (Lipinski definition) is 2. The second-order valence-electron chi connectivity index (χ2n) is 3.73. The summed E-state index contributed by atoms with van der Waals surface area (Å²) in [5.41, 5.74) is 0.793. The number of amides is 1. The fourth-order valence-electron chi connectivity index (χ4n) is 1.74. The molecule has 2 N–H and O–H groups in total. The zero-order valence-corrected chi connectivity index (χ0v) is 11.8. The van der Waals surface area contributed by atoms with Crippen molar-refractivity contribution in [2.75, 3.05) is 11.9 Å². The number of benzene rings is 1. The van der Waals surface area contributed by atoms with Crippen molar-refractivity contribution in [1.82, 2.24) is 5.32 Å². The molecule has 0 saturated carbocycles. The predicted octanol–water partition coefficient (Wildman–Crippen LogP) is 2.90. The van der Waals surface area contributed by atoms with E-state index in [9.17, 15) is 4.79 Å². The van der Waals surface area contributed by atoms with E-state index in [0.29, 0.717) is 0 Å². The molecule has 0 spiro atoms. The first kappa shape index (κ1) is 12.1. The number of nitrogens with one attached hydrogen (secondary N) is 2. The Morgan fingerprint density at radius 2 is 2.06 bits per heavy atom. The summed E-state index contributed by atoms with van der Waals surface area (Å²) in [6, 6.07) is 5.67. The Kier molecular flexibility index (Phi) is 4.00. The average Bonchev–Trinajstić information content (AvgIpc) is 2.76. The van der Waals surface area contributed by atoms with Crippen molar-refractivity contribution in [1.29, 1.82) is 0 Å². The van der Waals surface area contributed by atoms with Gasteiger partial charge in [0.2, 0.25) is 5.91 Å². The molecule has 1 aliphatic heterocycles. The Hall–Kier alpha value is -0.390. The summed E-state index contributed by atoms with van der Waals surface area (Å²) in [6.45, 7) is 0.926. The minimum Gasteiger partial charge on any atom is -0.323 e. The largest absolute Gasteiger partial charge is 0.323 e. The molecule has 0 aliphatic carbocycles. The first-order valence-corrected chi connectivity index (χ1v) is 6.75. The number of para-hydroxylation sites is 1. The standard InChI is InChI=1S/C11H12Br2N2O/c12-7-3-1-4-8(13)10(7)15-11(16)9-5-2-6-14-9/h1,3-4,9,14H,2,5-6H2,(H,15,16)/t9-/m0/s1. The molecule has 1 aromatic rings. The first-order chi connectivity index (χ1) is 7.68. The van der Waals surface area contributed by atoms with E-state index in [2.05, 4.69) is 42.5 Å². The zero-order valence-electron chi connectivity index (χ0n) is 8.59. The van der Waals surface area contributed by atoms with Crippen LogP contribution in [0.1, 0.15) is 12.8 Å². The van der Waals surface area contributed by atoms with Crippen molar-refractivity contribution in [3.8, 4) is 0 Å². The number of carbonyl (C=O) groups is 1. The van der Waals surface area contributed by atoms with Crippen LogP contribution >= 0.6 is 31.9 Å². The van der Waals surface area contributed by atoms with Crippen LogP contribution in [0.25, 0.3) is 0 Å². The Bertz CT molecular complexity index is 383. The molecule has 0 unspecified atom stereocenters. The van der Waals surface area contributed by atoms with Crippen molar-refractivity contribution >= 4 is 43.5 Å². The minimum absolute atomic E-state index is 0.0325. The van der Waals surface area contributed by atoms with Gasteiger partial charge in [0.1, 0.15) is 0 Å². The summed E-state index contributed by atoms with van der Waals surface area (Å²) in [5.74, 6) is 0.0325. The monoisotopic (exact) mass is 346 g/mol. The second kappa shape index (κ2) is 5.29. The maximum Gasteiger partial charge on any atom is 0.241 e. The fraction of sp³-hybridized carbons (Fsp3) is 0.364. The Balaban J connectivity index is 2.11. The SMILES string of the molecule is O=C(Nc1c(Br)cccc1Br)[C@@H]1CCCN1. The summed E-state index contributed by atoms with van der Waals surface area (Å²) < 4.78 is 1.77. The molecular weight excluding hydrogens is 336 g/mol. The molecule has 0 radical (unpaired) electrons. The summed E-state index contributed by atoms with van der Waals surface area (Å²) in [5, 5.41) is 6.10. The molecule has 1 heterocycles. The van der Waals surface area contributed by atoms with Crippen LogP contribution in [0.2, 0.25) is 0 Å². The van der Waals surface area contributed by atoms with Gasteiger partial charge in [0.25, 0.3) is 0 Å². The van der Waals surface area contributed by atoms with E-state index in [0.717, 1.165) is 34.0 Å². The van der Waals surface area contributed by atoms with Gasteiger partial charge < -0.3 is 10.6 Å². The number of carbonyl (C=O) groups excluding carboxylic acids is 1. The van der Waals surface area contributed by atoms with Gasteiger partial charge in [-0.1, -0.05) is 6.07 Å². The van der Waals surface area contributed by atoms with E-state index in [1.54, 1.807) is 0 Å². The maximum absolute atomic E-state index is 11.9. The van der Waals surface area contributed by atoms with Crippen molar-refractivity contribution < 1.29 is 4.79 Å². The van der Waals surface area contributed by atoms with Crippen molar-refractivity contribution in [2.45, 2.75) is 18.9 Å². The number of anilines is 1. The highest BCUT2D eigenvalue weighted by molar-refractivity contribution is 9.11. The fourth-order valence-corrected chi connectivity index (χ4v) is 2.93. The number of rotatable bonds is 2. The lowest BCUT2D eigenvalue weighted by Gasteiger charge is -2.13. The molecule has 1 amide bonds. The normalized spacial score (nSPS) is 19.8. The van der Waals surface area contributed by atoms with E-state index >= 15 is 0 Å². The lowest BCUT2D eigenvalue weighted by atomic mass is 10.2. The molecule has 16 heavy (non-hydrogen) atoms. The Morgan fingerprint density at radius 1 is 1.38 bits per heavy atom. The first-order valence-electron chi connectivity index (χ1n) is 5.17. The van der Waals surface area contributed by atoms with Crippen molar-refractivity contribution in [3.63, 3.8) is 0 Å². The van der Waals surface area contributed by atoms with Crippen LogP contribution in [0.4, 0.5) is 5.69 Å². The van der Waals surface area contributed by atoms with Gasteiger partial charge in [-0.3, -0.25) is 4.79 Å². The molecule has 3 nitrogen and oxygen atoms in total. The maximum atomic E-state index is 11.9. The van der Waals surface area contributed by atoms with Gasteiger partial charge >= 0.3 is 0 Å². The third-order valence-electron chi connectivity index (χ3n) is 2.59. The Labute approximate surface area is 111 Å². The van der Waals surface area contributed by atoms with Crippen molar-refractivity contribution in [3.05, 3.63) is 27.1 Å². The van der Waals surface area contributed by atoms with Crippen molar-refractivity contribution in [2.24, 2.45) is 0 Å². The van der Waals surface area contributed by atoms with Gasteiger partial charge in [0, 0.05) is 8.95 Å². The highest BCUT2D eigenvalue weighted by Gasteiger charge is 2.22. The van der Waals surface area contributed by atoms with E-state index in [1.807, 2.05) is 18.2 Å². The third-order valence-corrected chi connectivity index (χ3v) is 3.91. The topological polar surface area (TPSA) is 41.1 Å². The highest BCUT2D eigenvalue weighted by Crippen LogP contribution is 2.30. The van der Waals surface area contributed by atoms with Crippen LogP contribution in [0, 0.1) is 0 Å². The van der Waals surface area contributed by atoms with E-state index in [1.165, 1.54) is 0 Å². The molecule has 86 valence electrons. The quantitative estimate of drug-likeness (QED) is 0.863. The van der Waals surface area contributed by atoms with Gasteiger partial charge in [-0.2, -0.15) is 0 Å². The molecule has 0 bridgehead atoms. The van der Waals surface area contributed by atoms with Gasteiger partial charge in [-0.25, -0.2) is 0 Å². The lowest BCUT2D eigenvalue weighted by molar-refractivity contribution is -0.117. The molecule has 1 aromatic carbocycles. The third kappa shape index (κ3) is 2.64. The average molecular weight is 348 g/mol.